The number of likely N-dealkylation sites (tertiary alicyclic amines) is 1. The zero-order valence-electron chi connectivity index (χ0n) is 27.1. The number of carbonyl (C=O) groups excluding carboxylic acids is 3. The van der Waals surface area contributed by atoms with Gasteiger partial charge >= 0.3 is 5.97 Å². The molecule has 3 aromatic carbocycles. The van der Waals surface area contributed by atoms with Gasteiger partial charge in [-0.25, -0.2) is 0 Å². The largest absolute Gasteiger partial charge is 0.465 e. The van der Waals surface area contributed by atoms with Gasteiger partial charge < -0.3 is 24.4 Å². The molecule has 2 bridgehead atoms. The van der Waals surface area contributed by atoms with Gasteiger partial charge in [-0.2, -0.15) is 0 Å². The van der Waals surface area contributed by atoms with Gasteiger partial charge in [0.05, 0.1) is 30.8 Å². The van der Waals surface area contributed by atoms with E-state index in [2.05, 4.69) is 13.2 Å². The lowest BCUT2D eigenvalue weighted by Gasteiger charge is -2.39. The lowest BCUT2D eigenvalue weighted by Crippen LogP contribution is -2.57. The molecular weight excluding hydrogens is 592 g/mol. The Morgan fingerprint density at radius 2 is 1.79 bits per heavy atom. The van der Waals surface area contributed by atoms with Crippen molar-refractivity contribution in [2.75, 3.05) is 24.7 Å². The maximum atomic E-state index is 15.1. The molecule has 1 spiro atoms. The van der Waals surface area contributed by atoms with Crippen molar-refractivity contribution in [1.82, 2.24) is 4.90 Å². The first-order chi connectivity index (χ1) is 22.9. The Morgan fingerprint density at radius 3 is 2.49 bits per heavy atom. The second-order valence-corrected chi connectivity index (χ2v) is 12.9. The molecule has 47 heavy (non-hydrogen) atoms. The van der Waals surface area contributed by atoms with Crippen LogP contribution in [-0.2, 0) is 23.9 Å². The van der Waals surface area contributed by atoms with Crippen LogP contribution in [0.5, 0.6) is 0 Å². The molecule has 3 heterocycles. The summed E-state index contributed by atoms with van der Waals surface area (Å²) in [6, 6.07) is 21.1. The highest BCUT2D eigenvalue weighted by Crippen LogP contribution is 2.65. The molecule has 0 aromatic heterocycles. The fourth-order valence-electron chi connectivity index (χ4n) is 8.26. The predicted molar refractivity (Wildman–Crippen MR) is 181 cm³/mol. The monoisotopic (exact) mass is 636 g/mol. The number of carbonyl (C=O) groups is 3. The second kappa shape index (κ2) is 13.5. The third-order valence-electron chi connectivity index (χ3n) is 10.5. The zero-order valence-corrected chi connectivity index (χ0v) is 27.1. The van der Waals surface area contributed by atoms with Crippen LogP contribution in [0.15, 0.2) is 98.1 Å². The highest BCUT2D eigenvalue weighted by Gasteiger charge is 2.79. The van der Waals surface area contributed by atoms with Crippen LogP contribution in [0, 0.1) is 11.8 Å². The van der Waals surface area contributed by atoms with Crippen molar-refractivity contribution >= 4 is 34.2 Å². The lowest BCUT2D eigenvalue weighted by atomic mass is 9.65. The standard InChI is InChI=1S/C39H44N2O6/c1-4-7-8-14-24-46-37(45)33-32-35(43)41(31(26-42)28-16-10-9-11-17-28)34(39(32)22-21-38(33,6-3)47-39)36(44)40(23-5-2)30-20-19-27-15-12-13-18-29(27)25-30/h4-5,9-13,15-20,25,31-34,42H,1-2,6-8,14,21-24,26H2,3H3/t31-,32+,33+,34?,38-,39?/m1/s1. The minimum absolute atomic E-state index is 0.195. The van der Waals surface area contributed by atoms with E-state index in [1.54, 1.807) is 11.0 Å². The molecule has 1 N–H and O–H groups in total. The molecule has 8 heteroatoms. The average Bonchev–Trinajstić information content (AvgIpc) is 3.71. The van der Waals surface area contributed by atoms with Crippen LogP contribution < -0.4 is 4.90 Å². The number of ether oxygens (including phenoxy) is 2. The summed E-state index contributed by atoms with van der Waals surface area (Å²) in [5.41, 5.74) is -0.833. The summed E-state index contributed by atoms with van der Waals surface area (Å²) < 4.78 is 12.8. The number of amides is 2. The fraction of sp³-hybridized carbons (Fsp3) is 0.410. The number of aliphatic hydroxyl groups is 1. The molecule has 3 saturated heterocycles. The maximum absolute atomic E-state index is 15.1. The Balaban J connectivity index is 1.45. The molecular formula is C39H44N2O6. The van der Waals surface area contributed by atoms with Crippen LogP contribution in [0.4, 0.5) is 5.69 Å². The minimum atomic E-state index is -1.27. The van der Waals surface area contributed by atoms with Crippen molar-refractivity contribution in [3.05, 3.63) is 104 Å². The average molecular weight is 637 g/mol. The summed E-state index contributed by atoms with van der Waals surface area (Å²) in [5, 5.41) is 12.9. The highest BCUT2D eigenvalue weighted by atomic mass is 16.6. The minimum Gasteiger partial charge on any atom is -0.465 e. The van der Waals surface area contributed by atoms with Crippen LogP contribution >= 0.6 is 0 Å². The van der Waals surface area contributed by atoms with Crippen molar-refractivity contribution in [2.24, 2.45) is 11.8 Å². The van der Waals surface area contributed by atoms with Gasteiger partial charge in [-0.3, -0.25) is 14.4 Å². The van der Waals surface area contributed by atoms with E-state index in [1.807, 2.05) is 85.8 Å². The van der Waals surface area contributed by atoms with Gasteiger partial charge in [0.25, 0.3) is 5.91 Å². The summed E-state index contributed by atoms with van der Waals surface area (Å²) in [4.78, 5) is 47.1. The first kappa shape index (κ1) is 32.7. The van der Waals surface area contributed by atoms with Crippen molar-refractivity contribution in [3.63, 3.8) is 0 Å². The van der Waals surface area contributed by atoms with Gasteiger partial charge in [-0.1, -0.05) is 79.7 Å². The van der Waals surface area contributed by atoms with Crippen molar-refractivity contribution in [3.8, 4) is 0 Å². The summed E-state index contributed by atoms with van der Waals surface area (Å²) >= 11 is 0. The third-order valence-corrected chi connectivity index (χ3v) is 10.5. The van der Waals surface area contributed by atoms with Gasteiger partial charge in [-0.05, 0) is 67.0 Å². The van der Waals surface area contributed by atoms with E-state index in [1.165, 1.54) is 4.90 Å². The van der Waals surface area contributed by atoms with E-state index >= 15 is 4.79 Å². The summed E-state index contributed by atoms with van der Waals surface area (Å²) in [6.07, 6.45) is 7.30. The van der Waals surface area contributed by atoms with Gasteiger partial charge in [0.2, 0.25) is 5.91 Å². The first-order valence-electron chi connectivity index (χ1n) is 16.7. The van der Waals surface area contributed by atoms with Crippen LogP contribution in [-0.4, -0.2) is 64.8 Å². The van der Waals surface area contributed by atoms with E-state index < -0.39 is 47.7 Å². The molecule has 6 rings (SSSR count). The summed E-state index contributed by atoms with van der Waals surface area (Å²) in [7, 11) is 0. The van der Waals surface area contributed by atoms with E-state index in [0.29, 0.717) is 36.9 Å². The SMILES string of the molecule is C=CCCCCOC(=O)[C@@H]1[C@H]2C(=O)N([C@H](CO)c3ccccc3)C(C(=O)N(CC=C)c3ccc4ccccc4c3)C23CC[C@@]1(CC)O3. The number of nitrogens with zero attached hydrogens (tertiary/aromatic N) is 2. The molecule has 0 aliphatic carbocycles. The number of aliphatic hydroxyl groups excluding tert-OH is 1. The van der Waals surface area contributed by atoms with E-state index in [0.717, 1.165) is 23.6 Å². The number of benzene rings is 3. The Kier molecular flexibility index (Phi) is 9.35. The number of hydrogen-bond acceptors (Lipinski definition) is 6. The van der Waals surface area contributed by atoms with Crippen LogP contribution in [0.1, 0.15) is 57.1 Å². The summed E-state index contributed by atoms with van der Waals surface area (Å²) in [5.74, 6) is -2.96. The van der Waals surface area contributed by atoms with Crippen LogP contribution in [0.2, 0.25) is 0 Å². The molecule has 6 atom stereocenters. The predicted octanol–water partition coefficient (Wildman–Crippen LogP) is 6.15. The van der Waals surface area contributed by atoms with Gasteiger partial charge in [-0.15, -0.1) is 13.2 Å². The number of esters is 1. The third kappa shape index (κ3) is 5.47. The normalized spacial score (nSPS) is 26.6. The Bertz CT molecular complexity index is 1660. The maximum Gasteiger partial charge on any atom is 0.312 e. The van der Waals surface area contributed by atoms with Crippen molar-refractivity contribution in [1.29, 1.82) is 0 Å². The molecule has 2 amide bonds. The number of hydrogen-bond donors (Lipinski definition) is 1. The second-order valence-electron chi connectivity index (χ2n) is 12.9. The highest BCUT2D eigenvalue weighted by molar-refractivity contribution is 6.06. The lowest BCUT2D eigenvalue weighted by molar-refractivity contribution is -0.162. The van der Waals surface area contributed by atoms with Gasteiger partial charge in [0, 0.05) is 12.2 Å². The zero-order chi connectivity index (χ0) is 33.2. The molecule has 0 saturated carbocycles. The number of rotatable bonds is 14. The summed E-state index contributed by atoms with van der Waals surface area (Å²) in [6.45, 7) is 9.68. The molecule has 3 aromatic rings. The molecule has 246 valence electrons. The molecule has 0 radical (unpaired) electrons. The van der Waals surface area contributed by atoms with E-state index in [9.17, 15) is 14.7 Å². The van der Waals surface area contributed by atoms with E-state index in [-0.39, 0.29) is 25.0 Å². The first-order valence-corrected chi connectivity index (χ1v) is 16.7. The van der Waals surface area contributed by atoms with Crippen LogP contribution in [0.3, 0.4) is 0 Å². The Morgan fingerprint density at radius 1 is 1.04 bits per heavy atom. The number of anilines is 1. The fourth-order valence-corrected chi connectivity index (χ4v) is 8.26. The quantitative estimate of drug-likeness (QED) is 0.130. The van der Waals surface area contributed by atoms with Crippen LogP contribution in [0.25, 0.3) is 10.8 Å². The number of allylic oxidation sites excluding steroid dienone is 1. The topological polar surface area (TPSA) is 96.4 Å². The van der Waals surface area contributed by atoms with Gasteiger partial charge in [0.15, 0.2) is 0 Å². The Labute approximate surface area is 276 Å². The molecule has 8 nitrogen and oxygen atoms in total. The van der Waals surface area contributed by atoms with E-state index in [4.69, 9.17) is 9.47 Å². The van der Waals surface area contributed by atoms with Crippen molar-refractivity contribution in [2.45, 2.75) is 68.7 Å². The Hall–Kier alpha value is -4.27. The molecule has 3 aliphatic heterocycles. The number of fused-ring (bicyclic) bond motifs is 2. The van der Waals surface area contributed by atoms with Gasteiger partial charge in [0.1, 0.15) is 17.6 Å². The molecule has 3 aliphatic rings. The molecule has 3 fully saturated rings. The number of unbranched alkanes of at least 4 members (excludes halogenated alkanes) is 2. The smallest absolute Gasteiger partial charge is 0.312 e. The van der Waals surface area contributed by atoms with Crippen molar-refractivity contribution < 1.29 is 29.0 Å². The molecule has 2 unspecified atom stereocenters.